The van der Waals surface area contributed by atoms with E-state index in [0.29, 0.717) is 0 Å². The summed E-state index contributed by atoms with van der Waals surface area (Å²) >= 11 is 0. The van der Waals surface area contributed by atoms with E-state index in [0.717, 1.165) is 16.6 Å². The van der Waals surface area contributed by atoms with Crippen LogP contribution in [0.5, 0.6) is 0 Å². The molecular formula is C10H13N3. The van der Waals surface area contributed by atoms with Gasteiger partial charge in [-0.1, -0.05) is 6.07 Å². The van der Waals surface area contributed by atoms with Crippen LogP contribution in [0.15, 0.2) is 24.5 Å². The lowest BCUT2D eigenvalue weighted by Crippen LogP contribution is -2.04. The highest BCUT2D eigenvalue weighted by Crippen LogP contribution is 2.17. The zero-order valence-electron chi connectivity index (χ0n) is 7.86. The lowest BCUT2D eigenvalue weighted by Gasteiger charge is -2.05. The van der Waals surface area contributed by atoms with Gasteiger partial charge in [-0.25, -0.2) is 4.98 Å². The predicted molar refractivity (Wildman–Crippen MR) is 53.3 cm³/mol. The molecule has 2 N–H and O–H groups in total. The van der Waals surface area contributed by atoms with Crippen molar-refractivity contribution in [1.82, 2.24) is 9.55 Å². The maximum atomic E-state index is 5.79. The Balaban J connectivity index is 2.66. The third kappa shape index (κ3) is 1.31. The smallest absolute Gasteiger partial charge is 0.0955 e. The molecule has 0 aliphatic rings. The van der Waals surface area contributed by atoms with Gasteiger partial charge in [-0.2, -0.15) is 0 Å². The third-order valence-electron chi connectivity index (χ3n) is 2.28. The Morgan fingerprint density at radius 3 is 2.92 bits per heavy atom. The number of hydrogen-bond donors (Lipinski definition) is 1. The first kappa shape index (κ1) is 8.26. The Hall–Kier alpha value is -1.35. The zero-order valence-corrected chi connectivity index (χ0v) is 7.86. The molecule has 0 amide bonds. The fourth-order valence-corrected chi connectivity index (χ4v) is 1.43. The monoisotopic (exact) mass is 175 g/mol. The van der Waals surface area contributed by atoms with Crippen LogP contribution in [0.4, 0.5) is 0 Å². The van der Waals surface area contributed by atoms with Crippen LogP contribution in [0.2, 0.25) is 0 Å². The second kappa shape index (κ2) is 2.85. The quantitative estimate of drug-likeness (QED) is 0.715. The molecule has 0 aliphatic heterocycles. The van der Waals surface area contributed by atoms with E-state index >= 15 is 0 Å². The van der Waals surface area contributed by atoms with E-state index in [4.69, 9.17) is 5.73 Å². The van der Waals surface area contributed by atoms with Gasteiger partial charge in [0.05, 0.1) is 17.4 Å². The Labute approximate surface area is 77.2 Å². The molecule has 0 radical (unpaired) electrons. The molecule has 1 unspecified atom stereocenters. The van der Waals surface area contributed by atoms with Crippen LogP contribution in [-0.4, -0.2) is 9.55 Å². The molecule has 1 atom stereocenters. The SMILES string of the molecule is CC(N)c1ccc2ncn(C)c2c1. The zero-order chi connectivity index (χ0) is 9.42. The van der Waals surface area contributed by atoms with Crippen LogP contribution in [0.1, 0.15) is 18.5 Å². The lowest BCUT2D eigenvalue weighted by atomic mass is 10.1. The first-order valence-electron chi connectivity index (χ1n) is 4.35. The van der Waals surface area contributed by atoms with Gasteiger partial charge in [0, 0.05) is 13.1 Å². The molecule has 3 nitrogen and oxygen atoms in total. The van der Waals surface area contributed by atoms with Gasteiger partial charge in [0.25, 0.3) is 0 Å². The molecule has 68 valence electrons. The van der Waals surface area contributed by atoms with Crippen molar-refractivity contribution in [3.05, 3.63) is 30.1 Å². The van der Waals surface area contributed by atoms with E-state index in [9.17, 15) is 0 Å². The lowest BCUT2D eigenvalue weighted by molar-refractivity contribution is 0.818. The van der Waals surface area contributed by atoms with Gasteiger partial charge in [0.15, 0.2) is 0 Å². The van der Waals surface area contributed by atoms with Crippen molar-refractivity contribution in [2.24, 2.45) is 12.8 Å². The van der Waals surface area contributed by atoms with E-state index in [1.807, 2.05) is 37.0 Å². The highest BCUT2D eigenvalue weighted by atomic mass is 15.0. The second-order valence-corrected chi connectivity index (χ2v) is 3.39. The molecule has 2 rings (SSSR count). The summed E-state index contributed by atoms with van der Waals surface area (Å²) in [5.74, 6) is 0. The van der Waals surface area contributed by atoms with E-state index < -0.39 is 0 Å². The van der Waals surface area contributed by atoms with E-state index in [2.05, 4.69) is 11.1 Å². The maximum Gasteiger partial charge on any atom is 0.0955 e. The van der Waals surface area contributed by atoms with Crippen LogP contribution in [0.3, 0.4) is 0 Å². The summed E-state index contributed by atoms with van der Waals surface area (Å²) in [7, 11) is 1.99. The maximum absolute atomic E-state index is 5.79. The molecule has 0 bridgehead atoms. The Bertz CT molecular complexity index is 429. The third-order valence-corrected chi connectivity index (χ3v) is 2.28. The molecule has 0 saturated carbocycles. The van der Waals surface area contributed by atoms with Crippen molar-refractivity contribution in [3.8, 4) is 0 Å². The molecule has 0 saturated heterocycles. The summed E-state index contributed by atoms with van der Waals surface area (Å²) in [6.45, 7) is 1.98. The Morgan fingerprint density at radius 1 is 1.46 bits per heavy atom. The van der Waals surface area contributed by atoms with Crippen LogP contribution >= 0.6 is 0 Å². The topological polar surface area (TPSA) is 43.8 Å². The molecule has 1 aromatic carbocycles. The largest absolute Gasteiger partial charge is 0.334 e. The summed E-state index contributed by atoms with van der Waals surface area (Å²) in [5, 5.41) is 0. The number of imidazole rings is 1. The summed E-state index contributed by atoms with van der Waals surface area (Å²) in [6, 6.07) is 6.21. The molecule has 1 heterocycles. The minimum Gasteiger partial charge on any atom is -0.334 e. The summed E-state index contributed by atoms with van der Waals surface area (Å²) in [5.41, 5.74) is 9.10. The van der Waals surface area contributed by atoms with Crippen LogP contribution in [0.25, 0.3) is 11.0 Å². The summed E-state index contributed by atoms with van der Waals surface area (Å²) in [4.78, 5) is 4.24. The van der Waals surface area contributed by atoms with E-state index in [1.165, 1.54) is 0 Å². The van der Waals surface area contributed by atoms with Crippen molar-refractivity contribution in [2.75, 3.05) is 0 Å². The standard InChI is InChI=1S/C10H13N3/c1-7(11)8-3-4-9-10(5-8)13(2)6-12-9/h3-7H,11H2,1-2H3. The van der Waals surface area contributed by atoms with Gasteiger partial charge in [-0.15, -0.1) is 0 Å². The van der Waals surface area contributed by atoms with E-state index in [1.54, 1.807) is 0 Å². The van der Waals surface area contributed by atoms with E-state index in [-0.39, 0.29) is 6.04 Å². The van der Waals surface area contributed by atoms with Gasteiger partial charge in [-0.05, 0) is 24.6 Å². The second-order valence-electron chi connectivity index (χ2n) is 3.39. The van der Waals surface area contributed by atoms with Crippen molar-refractivity contribution < 1.29 is 0 Å². The van der Waals surface area contributed by atoms with Crippen molar-refractivity contribution >= 4 is 11.0 Å². The van der Waals surface area contributed by atoms with Gasteiger partial charge in [0.2, 0.25) is 0 Å². The number of hydrogen-bond acceptors (Lipinski definition) is 2. The van der Waals surface area contributed by atoms with Crippen LogP contribution in [-0.2, 0) is 7.05 Å². The number of aryl methyl sites for hydroxylation is 1. The molecule has 0 fully saturated rings. The first-order valence-corrected chi connectivity index (χ1v) is 4.35. The molecule has 3 heteroatoms. The van der Waals surface area contributed by atoms with Gasteiger partial charge < -0.3 is 10.3 Å². The number of nitrogens with two attached hydrogens (primary N) is 1. The van der Waals surface area contributed by atoms with Crippen molar-refractivity contribution in [3.63, 3.8) is 0 Å². The minimum absolute atomic E-state index is 0.0827. The number of nitrogens with zero attached hydrogens (tertiary/aromatic N) is 2. The van der Waals surface area contributed by atoms with Crippen LogP contribution < -0.4 is 5.73 Å². The Kier molecular flexibility index (Phi) is 1.81. The highest BCUT2D eigenvalue weighted by Gasteiger charge is 2.03. The average Bonchev–Trinajstić information content (AvgIpc) is 2.47. The minimum atomic E-state index is 0.0827. The fourth-order valence-electron chi connectivity index (χ4n) is 1.43. The number of fused-ring (bicyclic) bond motifs is 1. The van der Waals surface area contributed by atoms with Crippen LogP contribution in [0, 0.1) is 0 Å². The summed E-state index contributed by atoms with van der Waals surface area (Å²) in [6.07, 6.45) is 1.82. The number of benzene rings is 1. The molecule has 13 heavy (non-hydrogen) atoms. The molecule has 0 aliphatic carbocycles. The van der Waals surface area contributed by atoms with Gasteiger partial charge >= 0.3 is 0 Å². The highest BCUT2D eigenvalue weighted by molar-refractivity contribution is 5.76. The average molecular weight is 175 g/mol. The van der Waals surface area contributed by atoms with Crippen molar-refractivity contribution in [1.29, 1.82) is 0 Å². The molecular weight excluding hydrogens is 162 g/mol. The van der Waals surface area contributed by atoms with Crippen molar-refractivity contribution in [2.45, 2.75) is 13.0 Å². The van der Waals surface area contributed by atoms with Gasteiger partial charge in [0.1, 0.15) is 0 Å². The molecule has 1 aromatic heterocycles. The molecule has 0 spiro atoms. The predicted octanol–water partition coefficient (Wildman–Crippen LogP) is 1.59. The molecule has 2 aromatic rings. The number of aromatic nitrogens is 2. The normalized spacial score (nSPS) is 13.5. The number of rotatable bonds is 1. The van der Waals surface area contributed by atoms with Gasteiger partial charge in [-0.3, -0.25) is 0 Å². The fraction of sp³-hybridized carbons (Fsp3) is 0.300. The Morgan fingerprint density at radius 2 is 2.23 bits per heavy atom. The first-order chi connectivity index (χ1) is 6.18. The summed E-state index contributed by atoms with van der Waals surface area (Å²) < 4.78 is 2.00.